The lowest BCUT2D eigenvalue weighted by Crippen LogP contribution is -2.67. The van der Waals surface area contributed by atoms with Crippen LogP contribution in [0, 0.1) is 5.92 Å². The molecule has 3 aliphatic heterocycles. The molecule has 3 amide bonds. The zero-order valence-corrected chi connectivity index (χ0v) is 29.9. The summed E-state index contributed by atoms with van der Waals surface area (Å²) in [4.78, 5) is 44.8. The van der Waals surface area contributed by atoms with Crippen LogP contribution in [-0.4, -0.2) is 104 Å². The number of ether oxygens (including phenoxy) is 2. The van der Waals surface area contributed by atoms with E-state index >= 15 is 0 Å². The summed E-state index contributed by atoms with van der Waals surface area (Å²) in [6, 6.07) is 5.92. The van der Waals surface area contributed by atoms with Crippen LogP contribution < -0.4 is 9.46 Å². The van der Waals surface area contributed by atoms with E-state index in [1.807, 2.05) is 22.0 Å². The summed E-state index contributed by atoms with van der Waals surface area (Å²) in [5.74, 6) is -0.377. The van der Waals surface area contributed by atoms with E-state index in [0.717, 1.165) is 56.2 Å². The first-order chi connectivity index (χ1) is 24.0. The van der Waals surface area contributed by atoms with Crippen molar-refractivity contribution in [2.75, 3.05) is 47.5 Å². The third-order valence-corrected chi connectivity index (χ3v) is 13.1. The zero-order valence-electron chi connectivity index (χ0n) is 29.1. The minimum atomic E-state index is -4.02. The van der Waals surface area contributed by atoms with Crippen molar-refractivity contribution in [3.8, 4) is 5.75 Å². The predicted molar refractivity (Wildman–Crippen MR) is 187 cm³/mol. The SMILES string of the molecule is COc1ccc(C2CCCCC2)c2c1cc1n2CC2=C(C(=O)NS(=O)(=O)N(C)C)C2=C2C=CC[C@@H](C(=O)N3C4COCC3CN(C(C)=O)C4)C21. The molecule has 2 saturated heterocycles. The number of amides is 3. The quantitative estimate of drug-likeness (QED) is 0.489. The first kappa shape index (κ1) is 33.2. The maximum atomic E-state index is 15.0. The second-order valence-corrected chi connectivity index (χ2v) is 16.6. The minimum absolute atomic E-state index is 0.00737. The monoisotopic (exact) mass is 703 g/mol. The number of carbonyl (C=O) groups is 3. The van der Waals surface area contributed by atoms with Gasteiger partial charge in [0.1, 0.15) is 5.75 Å². The number of rotatable bonds is 6. The number of hydrogen-bond donors (Lipinski definition) is 1. The summed E-state index contributed by atoms with van der Waals surface area (Å²) >= 11 is 0. The fourth-order valence-electron chi connectivity index (χ4n) is 9.24. The predicted octanol–water partition coefficient (Wildman–Crippen LogP) is 3.36. The van der Waals surface area contributed by atoms with Crippen LogP contribution in [0.4, 0.5) is 0 Å². The highest BCUT2D eigenvalue weighted by Gasteiger charge is 2.50. The third kappa shape index (κ3) is 5.31. The number of fused-ring (bicyclic) bond motifs is 8. The Morgan fingerprint density at radius 3 is 2.42 bits per heavy atom. The summed E-state index contributed by atoms with van der Waals surface area (Å²) in [6.07, 6.45) is 10.3. The normalized spacial score (nSPS) is 26.4. The van der Waals surface area contributed by atoms with Gasteiger partial charge in [-0.25, -0.2) is 4.72 Å². The molecule has 13 heteroatoms. The third-order valence-electron chi connectivity index (χ3n) is 11.7. The lowest BCUT2D eigenvalue weighted by atomic mass is 9.75. The van der Waals surface area contributed by atoms with Gasteiger partial charge in [0.25, 0.3) is 5.91 Å². The van der Waals surface area contributed by atoms with Crippen molar-refractivity contribution in [3.63, 3.8) is 0 Å². The molecule has 50 heavy (non-hydrogen) atoms. The van der Waals surface area contributed by atoms with Gasteiger partial charge >= 0.3 is 10.2 Å². The van der Waals surface area contributed by atoms with Crippen LogP contribution in [0.25, 0.3) is 10.9 Å². The van der Waals surface area contributed by atoms with E-state index in [2.05, 4.69) is 27.5 Å². The van der Waals surface area contributed by atoms with Gasteiger partial charge in [0.15, 0.2) is 0 Å². The molecular formula is C37H45N5O7S. The summed E-state index contributed by atoms with van der Waals surface area (Å²) in [5.41, 5.74) is 6.09. The maximum Gasteiger partial charge on any atom is 0.303 e. The van der Waals surface area contributed by atoms with Crippen molar-refractivity contribution in [2.24, 2.45) is 5.92 Å². The first-order valence-electron chi connectivity index (χ1n) is 17.7. The Bertz CT molecular complexity index is 1990. The molecule has 4 atom stereocenters. The topological polar surface area (TPSA) is 130 Å². The molecule has 1 saturated carbocycles. The average molecular weight is 704 g/mol. The van der Waals surface area contributed by atoms with Gasteiger partial charge in [-0.15, -0.1) is 0 Å². The van der Waals surface area contributed by atoms with Gasteiger partial charge in [0, 0.05) is 57.7 Å². The molecule has 2 aromatic rings. The van der Waals surface area contributed by atoms with Crippen molar-refractivity contribution in [1.82, 2.24) is 23.4 Å². The highest BCUT2D eigenvalue weighted by atomic mass is 32.2. The molecule has 1 N–H and O–H groups in total. The molecule has 3 unspecified atom stereocenters. The highest BCUT2D eigenvalue weighted by Crippen LogP contribution is 2.55. The van der Waals surface area contributed by atoms with E-state index in [9.17, 15) is 22.8 Å². The number of benzene rings is 1. The Hall–Kier alpha value is -3.94. The molecule has 2 bridgehead atoms. The molecule has 0 radical (unpaired) electrons. The van der Waals surface area contributed by atoms with Gasteiger partial charge in [0.05, 0.1) is 49.4 Å². The fourth-order valence-corrected chi connectivity index (χ4v) is 9.76. The zero-order chi connectivity index (χ0) is 35.1. The number of nitrogens with zero attached hydrogens (tertiary/aromatic N) is 4. The number of hydrogen-bond acceptors (Lipinski definition) is 7. The van der Waals surface area contributed by atoms with E-state index < -0.39 is 22.0 Å². The summed E-state index contributed by atoms with van der Waals surface area (Å²) in [7, 11) is 0.416. The van der Waals surface area contributed by atoms with Crippen molar-refractivity contribution >= 4 is 38.8 Å². The van der Waals surface area contributed by atoms with Crippen molar-refractivity contribution in [1.29, 1.82) is 0 Å². The van der Waals surface area contributed by atoms with Crippen molar-refractivity contribution in [2.45, 2.75) is 75.9 Å². The number of aromatic nitrogens is 1. The van der Waals surface area contributed by atoms with Crippen molar-refractivity contribution in [3.05, 3.63) is 63.9 Å². The molecule has 1 aromatic carbocycles. The largest absolute Gasteiger partial charge is 0.496 e. The van der Waals surface area contributed by atoms with Gasteiger partial charge in [0.2, 0.25) is 11.8 Å². The number of carbonyl (C=O) groups excluding carboxylic acids is 3. The lowest BCUT2D eigenvalue weighted by molar-refractivity contribution is -0.164. The van der Waals surface area contributed by atoms with Gasteiger partial charge < -0.3 is 23.8 Å². The summed E-state index contributed by atoms with van der Waals surface area (Å²) < 4.78 is 42.9. The van der Waals surface area contributed by atoms with Crippen LogP contribution in [0.2, 0.25) is 0 Å². The van der Waals surface area contributed by atoms with Gasteiger partial charge in [-0.3, -0.25) is 14.4 Å². The van der Waals surface area contributed by atoms with Crippen LogP contribution >= 0.6 is 0 Å². The number of piperazine rings is 1. The Balaban J connectivity index is 1.28. The van der Waals surface area contributed by atoms with Crippen LogP contribution in [0.5, 0.6) is 5.75 Å². The highest BCUT2D eigenvalue weighted by molar-refractivity contribution is 7.87. The number of morpholine rings is 1. The number of nitrogens with one attached hydrogen (secondary N) is 1. The van der Waals surface area contributed by atoms with Gasteiger partial charge in [-0.05, 0) is 59.6 Å². The Morgan fingerprint density at radius 1 is 1.04 bits per heavy atom. The molecule has 3 fully saturated rings. The number of methoxy groups -OCH3 is 1. The standard InChI is InChI=1S/C37H45N5O7S/c1-21(43)40-16-23-19-49-20-24(17-40)42(23)37(45)27-12-8-11-26-32(27)30-15-28-31(48-4)14-13-25(22-9-6-5-7-10-22)35(28)41(30)18-29-33(26)34(29)36(44)38-50(46,47)39(2)3/h8,11,13-15,22-24,27,32H,5-7,9-10,12,16-20H2,1-4H3,(H,38,44)/t23?,24?,27-,32?/m1/s1. The molecule has 8 rings (SSSR count). The first-order valence-corrected chi connectivity index (χ1v) is 19.2. The summed E-state index contributed by atoms with van der Waals surface area (Å²) in [6.45, 7) is 3.54. The molecule has 12 nitrogen and oxygen atoms in total. The molecule has 4 heterocycles. The Labute approximate surface area is 292 Å². The lowest BCUT2D eigenvalue weighted by Gasteiger charge is -2.51. The summed E-state index contributed by atoms with van der Waals surface area (Å²) in [5, 5.41) is 0.983. The molecular weight excluding hydrogens is 659 g/mol. The second-order valence-electron chi connectivity index (χ2n) is 14.7. The van der Waals surface area contributed by atoms with E-state index in [1.165, 1.54) is 38.9 Å². The van der Waals surface area contributed by atoms with Crippen LogP contribution in [0.15, 0.2) is 52.6 Å². The Kier molecular flexibility index (Phi) is 8.22. The van der Waals surface area contributed by atoms with Crippen LogP contribution in [0.1, 0.15) is 68.5 Å². The maximum absolute atomic E-state index is 15.0. The van der Waals surface area contributed by atoms with Gasteiger partial charge in [-0.1, -0.05) is 37.5 Å². The molecule has 266 valence electrons. The van der Waals surface area contributed by atoms with E-state index in [-0.39, 0.29) is 29.8 Å². The van der Waals surface area contributed by atoms with Crippen LogP contribution in [-0.2, 0) is 35.9 Å². The number of allylic oxidation sites excluding steroid dienone is 4. The van der Waals surface area contributed by atoms with E-state index in [0.29, 0.717) is 50.8 Å². The second kappa shape index (κ2) is 12.4. The molecule has 3 aliphatic carbocycles. The minimum Gasteiger partial charge on any atom is -0.496 e. The van der Waals surface area contributed by atoms with E-state index in [4.69, 9.17) is 9.47 Å². The Morgan fingerprint density at radius 2 is 1.76 bits per heavy atom. The molecule has 6 aliphatic rings. The van der Waals surface area contributed by atoms with E-state index in [1.54, 1.807) is 14.0 Å². The molecule has 0 spiro atoms. The smallest absolute Gasteiger partial charge is 0.303 e. The van der Waals surface area contributed by atoms with Crippen LogP contribution in [0.3, 0.4) is 0 Å². The fraction of sp³-hybridized carbons (Fsp3) is 0.541. The van der Waals surface area contributed by atoms with Gasteiger partial charge in [-0.2, -0.15) is 12.7 Å². The van der Waals surface area contributed by atoms with Crippen molar-refractivity contribution < 1.29 is 32.3 Å². The molecule has 1 aromatic heterocycles. The average Bonchev–Trinajstić information content (AvgIpc) is 3.73.